The highest BCUT2D eigenvalue weighted by molar-refractivity contribution is 5.47. The van der Waals surface area contributed by atoms with E-state index in [1.165, 1.54) is 0 Å². The van der Waals surface area contributed by atoms with Gasteiger partial charge in [-0.25, -0.2) is 0 Å². The number of rotatable bonds is 8. The minimum absolute atomic E-state index is 0.0145. The monoisotopic (exact) mass is 376 g/mol. The summed E-state index contributed by atoms with van der Waals surface area (Å²) in [5.74, 6) is 1.52. The first-order valence-corrected chi connectivity index (χ1v) is 9.70. The molecule has 0 radical (unpaired) electrons. The standard InChI is InChI=1S/C25H28O3/c1-18(20(3)26)24-14-23(27-16-21-10-6-4-7-11-21)15-25(19(24)2)28-17-22-12-8-5-9-13-22/h4-15,18,20,26H,16-17H2,1-3H3/t18-,20+/m1/s1. The van der Waals surface area contributed by atoms with Crippen LogP contribution < -0.4 is 9.47 Å². The molecule has 3 aromatic rings. The first kappa shape index (κ1) is 20.0. The van der Waals surface area contributed by atoms with Gasteiger partial charge >= 0.3 is 0 Å². The Balaban J connectivity index is 1.84. The lowest BCUT2D eigenvalue weighted by Gasteiger charge is -2.21. The zero-order valence-corrected chi connectivity index (χ0v) is 16.8. The summed E-state index contributed by atoms with van der Waals surface area (Å²) in [6.07, 6.45) is -0.454. The average Bonchev–Trinajstić information content (AvgIpc) is 2.73. The van der Waals surface area contributed by atoms with Crippen molar-refractivity contribution in [3.63, 3.8) is 0 Å². The van der Waals surface area contributed by atoms with E-state index < -0.39 is 6.10 Å². The van der Waals surface area contributed by atoms with Crippen LogP contribution in [0.5, 0.6) is 11.5 Å². The molecule has 0 saturated carbocycles. The van der Waals surface area contributed by atoms with E-state index in [1.54, 1.807) is 0 Å². The van der Waals surface area contributed by atoms with Crippen molar-refractivity contribution in [1.82, 2.24) is 0 Å². The Labute approximate surface area is 167 Å². The van der Waals surface area contributed by atoms with Crippen LogP contribution in [0, 0.1) is 6.92 Å². The number of hydrogen-bond acceptors (Lipinski definition) is 3. The Morgan fingerprint density at radius 1 is 0.786 bits per heavy atom. The topological polar surface area (TPSA) is 38.7 Å². The largest absolute Gasteiger partial charge is 0.489 e. The highest BCUT2D eigenvalue weighted by Gasteiger charge is 2.18. The zero-order chi connectivity index (χ0) is 19.9. The Bertz CT molecular complexity index is 873. The minimum Gasteiger partial charge on any atom is -0.489 e. The maximum Gasteiger partial charge on any atom is 0.126 e. The van der Waals surface area contributed by atoms with Gasteiger partial charge in [0.25, 0.3) is 0 Å². The quantitative estimate of drug-likeness (QED) is 0.553. The van der Waals surface area contributed by atoms with E-state index in [0.29, 0.717) is 13.2 Å². The summed E-state index contributed by atoms with van der Waals surface area (Å²) in [6.45, 7) is 6.85. The van der Waals surface area contributed by atoms with Crippen molar-refractivity contribution >= 4 is 0 Å². The van der Waals surface area contributed by atoms with Crippen molar-refractivity contribution < 1.29 is 14.6 Å². The molecule has 146 valence electrons. The van der Waals surface area contributed by atoms with Crippen LogP contribution in [-0.4, -0.2) is 11.2 Å². The average molecular weight is 376 g/mol. The second-order valence-corrected chi connectivity index (χ2v) is 7.21. The highest BCUT2D eigenvalue weighted by atomic mass is 16.5. The fraction of sp³-hybridized carbons (Fsp3) is 0.280. The molecule has 3 heteroatoms. The van der Waals surface area contributed by atoms with Crippen molar-refractivity contribution in [3.05, 3.63) is 95.1 Å². The van der Waals surface area contributed by atoms with Crippen molar-refractivity contribution in [2.24, 2.45) is 0 Å². The first-order valence-electron chi connectivity index (χ1n) is 9.70. The Morgan fingerprint density at radius 3 is 1.86 bits per heavy atom. The SMILES string of the molecule is Cc1c(OCc2ccccc2)cc(OCc2ccccc2)cc1[C@H](C)[C@H](C)O. The van der Waals surface area contributed by atoms with Crippen LogP contribution in [0.2, 0.25) is 0 Å². The molecule has 3 rings (SSSR count). The van der Waals surface area contributed by atoms with Gasteiger partial charge in [0.15, 0.2) is 0 Å². The van der Waals surface area contributed by atoms with Gasteiger partial charge in [-0.1, -0.05) is 67.6 Å². The van der Waals surface area contributed by atoms with Crippen LogP contribution >= 0.6 is 0 Å². The molecule has 3 aromatic carbocycles. The number of benzene rings is 3. The molecule has 0 aliphatic heterocycles. The third-order valence-electron chi connectivity index (χ3n) is 5.07. The summed E-state index contributed by atoms with van der Waals surface area (Å²) >= 11 is 0. The highest BCUT2D eigenvalue weighted by Crippen LogP contribution is 2.34. The van der Waals surface area contributed by atoms with Crippen molar-refractivity contribution in [1.29, 1.82) is 0 Å². The fourth-order valence-corrected chi connectivity index (χ4v) is 3.13. The van der Waals surface area contributed by atoms with Crippen molar-refractivity contribution in [3.8, 4) is 11.5 Å². The van der Waals surface area contributed by atoms with Crippen LogP contribution in [0.1, 0.15) is 42.0 Å². The fourth-order valence-electron chi connectivity index (χ4n) is 3.13. The second kappa shape index (κ2) is 9.43. The van der Waals surface area contributed by atoms with E-state index >= 15 is 0 Å². The molecule has 1 N–H and O–H groups in total. The van der Waals surface area contributed by atoms with Crippen LogP contribution in [0.3, 0.4) is 0 Å². The number of aliphatic hydroxyl groups is 1. The summed E-state index contributed by atoms with van der Waals surface area (Å²) in [5.41, 5.74) is 4.31. The molecule has 0 amide bonds. The van der Waals surface area contributed by atoms with E-state index in [-0.39, 0.29) is 5.92 Å². The van der Waals surface area contributed by atoms with Crippen LogP contribution in [0.15, 0.2) is 72.8 Å². The molecule has 0 heterocycles. The third-order valence-corrected chi connectivity index (χ3v) is 5.07. The molecular formula is C25H28O3. The van der Waals surface area contributed by atoms with Gasteiger partial charge in [0.2, 0.25) is 0 Å². The van der Waals surface area contributed by atoms with Gasteiger partial charge in [0, 0.05) is 12.0 Å². The lowest BCUT2D eigenvalue weighted by molar-refractivity contribution is 0.168. The van der Waals surface area contributed by atoms with Crippen LogP contribution in [0.25, 0.3) is 0 Å². The first-order chi connectivity index (χ1) is 13.5. The lowest BCUT2D eigenvalue weighted by Crippen LogP contribution is -2.13. The molecule has 2 atom stereocenters. The second-order valence-electron chi connectivity index (χ2n) is 7.21. The molecule has 0 aliphatic rings. The third kappa shape index (κ3) is 5.14. The Kier molecular flexibility index (Phi) is 6.72. The summed E-state index contributed by atoms with van der Waals surface area (Å²) < 4.78 is 12.2. The normalized spacial score (nSPS) is 13.0. The van der Waals surface area contributed by atoms with Gasteiger partial charge < -0.3 is 14.6 Å². The smallest absolute Gasteiger partial charge is 0.126 e. The van der Waals surface area contributed by atoms with E-state index in [4.69, 9.17) is 9.47 Å². The van der Waals surface area contributed by atoms with E-state index in [1.807, 2.05) is 93.6 Å². The van der Waals surface area contributed by atoms with E-state index in [9.17, 15) is 5.11 Å². The molecule has 28 heavy (non-hydrogen) atoms. The molecule has 0 bridgehead atoms. The maximum absolute atomic E-state index is 10.1. The lowest BCUT2D eigenvalue weighted by atomic mass is 9.91. The molecule has 0 spiro atoms. The van der Waals surface area contributed by atoms with Gasteiger partial charge in [0.1, 0.15) is 24.7 Å². The molecule has 0 aromatic heterocycles. The van der Waals surface area contributed by atoms with Crippen LogP contribution in [0.4, 0.5) is 0 Å². The molecule has 0 unspecified atom stereocenters. The number of aliphatic hydroxyl groups excluding tert-OH is 1. The summed E-state index contributed by atoms with van der Waals surface area (Å²) in [6, 6.07) is 24.1. The van der Waals surface area contributed by atoms with E-state index in [2.05, 4.69) is 0 Å². The molecule has 0 aliphatic carbocycles. The van der Waals surface area contributed by atoms with E-state index in [0.717, 1.165) is 33.8 Å². The van der Waals surface area contributed by atoms with Gasteiger partial charge in [-0.3, -0.25) is 0 Å². The minimum atomic E-state index is -0.454. The predicted octanol–water partition coefficient (Wildman–Crippen LogP) is 5.64. The molecule has 0 fully saturated rings. The molecule has 0 saturated heterocycles. The Hall–Kier alpha value is -2.78. The molecule has 3 nitrogen and oxygen atoms in total. The van der Waals surface area contributed by atoms with Crippen molar-refractivity contribution in [2.75, 3.05) is 0 Å². The van der Waals surface area contributed by atoms with Gasteiger partial charge in [-0.15, -0.1) is 0 Å². The van der Waals surface area contributed by atoms with Gasteiger partial charge in [-0.05, 0) is 42.2 Å². The van der Waals surface area contributed by atoms with Crippen molar-refractivity contribution in [2.45, 2.75) is 46.0 Å². The summed E-state index contributed by atoms with van der Waals surface area (Å²) in [4.78, 5) is 0. The molecular weight excluding hydrogens is 348 g/mol. The number of hydrogen-bond donors (Lipinski definition) is 1. The van der Waals surface area contributed by atoms with Gasteiger partial charge in [0.05, 0.1) is 6.10 Å². The maximum atomic E-state index is 10.1. The van der Waals surface area contributed by atoms with Gasteiger partial charge in [-0.2, -0.15) is 0 Å². The summed E-state index contributed by atoms with van der Waals surface area (Å²) in [7, 11) is 0. The number of ether oxygens (including phenoxy) is 2. The predicted molar refractivity (Wildman–Crippen MR) is 113 cm³/mol. The zero-order valence-electron chi connectivity index (χ0n) is 16.8. The van der Waals surface area contributed by atoms with Crippen LogP contribution in [-0.2, 0) is 13.2 Å². The Morgan fingerprint density at radius 2 is 1.32 bits per heavy atom. The summed E-state index contributed by atoms with van der Waals surface area (Å²) in [5, 5.41) is 10.1.